The van der Waals surface area contributed by atoms with Gasteiger partial charge in [0.15, 0.2) is 0 Å². The monoisotopic (exact) mass is 361 g/mol. The van der Waals surface area contributed by atoms with Crippen LogP contribution in [0.15, 0.2) is 78.9 Å². The van der Waals surface area contributed by atoms with Crippen molar-refractivity contribution < 1.29 is 4.79 Å². The van der Waals surface area contributed by atoms with Gasteiger partial charge in [-0.05, 0) is 42.2 Å². The minimum Gasteiger partial charge on any atom is -0.388 e. The normalized spacial score (nSPS) is 19.8. The van der Waals surface area contributed by atoms with Gasteiger partial charge < -0.3 is 5.32 Å². The molecule has 3 rings (SSSR count). The summed E-state index contributed by atoms with van der Waals surface area (Å²) < 4.78 is 0. The summed E-state index contributed by atoms with van der Waals surface area (Å²) in [5.41, 5.74) is 5.30. The van der Waals surface area contributed by atoms with Gasteiger partial charge in [0.1, 0.15) is 6.29 Å². The van der Waals surface area contributed by atoms with Gasteiger partial charge in [-0.2, -0.15) is 0 Å². The lowest BCUT2D eigenvalue weighted by molar-refractivity contribution is -0.104. The molecule has 0 fully saturated rings. The average molecular weight is 362 g/mol. The molecule has 2 heteroatoms. The number of nitrogens with one attached hydrogen (secondary N) is 1. The summed E-state index contributed by atoms with van der Waals surface area (Å²) in [6.07, 6.45) is 21.3. The molecule has 0 aliphatic heterocycles. The average Bonchev–Trinajstić information content (AvgIpc) is 2.74. The topological polar surface area (TPSA) is 29.1 Å². The third-order valence-electron chi connectivity index (χ3n) is 4.93. The second-order valence-electron chi connectivity index (χ2n) is 6.89. The van der Waals surface area contributed by atoms with Crippen molar-refractivity contribution in [3.8, 4) is 0 Å². The third-order valence-corrected chi connectivity index (χ3v) is 4.93. The Balaban J connectivity index is 0.000000596. The Hall–Kier alpha value is -2.61. The van der Waals surface area contributed by atoms with Gasteiger partial charge in [-0.15, -0.1) is 0 Å². The van der Waals surface area contributed by atoms with E-state index >= 15 is 0 Å². The first kappa shape index (κ1) is 20.7. The number of anilines is 1. The zero-order valence-electron chi connectivity index (χ0n) is 16.5. The molecular weight excluding hydrogens is 330 g/mol. The van der Waals surface area contributed by atoms with Crippen LogP contribution in [0.5, 0.6) is 0 Å². The molecule has 0 spiro atoms. The lowest BCUT2D eigenvalue weighted by atomic mass is 9.79. The summed E-state index contributed by atoms with van der Waals surface area (Å²) in [5, 5.41) is 3.17. The van der Waals surface area contributed by atoms with E-state index in [-0.39, 0.29) is 0 Å². The zero-order valence-corrected chi connectivity index (χ0v) is 16.5. The fraction of sp³-hybridized carbons (Fsp3) is 0.320. The van der Waals surface area contributed by atoms with E-state index in [1.807, 2.05) is 7.05 Å². The maximum Gasteiger partial charge on any atom is 0.142 e. The van der Waals surface area contributed by atoms with Crippen molar-refractivity contribution in [1.29, 1.82) is 0 Å². The Bertz CT molecular complexity index is 728. The van der Waals surface area contributed by atoms with E-state index in [9.17, 15) is 0 Å². The third kappa shape index (κ3) is 6.25. The molecule has 2 unspecified atom stereocenters. The molecule has 0 aromatic heterocycles. The highest BCUT2D eigenvalue weighted by molar-refractivity contribution is 5.76. The fourth-order valence-corrected chi connectivity index (χ4v) is 3.37. The van der Waals surface area contributed by atoms with E-state index in [1.165, 1.54) is 48.5 Å². The van der Waals surface area contributed by atoms with Gasteiger partial charge in [-0.3, -0.25) is 4.79 Å². The first-order chi connectivity index (χ1) is 13.2. The van der Waals surface area contributed by atoms with Crippen LogP contribution in [-0.2, 0) is 4.79 Å². The Morgan fingerprint density at radius 2 is 1.70 bits per heavy atom. The molecule has 2 aliphatic rings. The molecular formula is C25H31NO. The van der Waals surface area contributed by atoms with E-state index in [0.29, 0.717) is 18.1 Å². The van der Waals surface area contributed by atoms with E-state index in [0.717, 1.165) is 5.69 Å². The van der Waals surface area contributed by atoms with Crippen molar-refractivity contribution in [2.75, 3.05) is 12.4 Å². The van der Waals surface area contributed by atoms with E-state index in [1.54, 1.807) is 0 Å². The van der Waals surface area contributed by atoms with Gasteiger partial charge in [0.2, 0.25) is 0 Å². The lowest BCUT2D eigenvalue weighted by Gasteiger charge is -2.25. The highest BCUT2D eigenvalue weighted by Gasteiger charge is 2.20. The van der Waals surface area contributed by atoms with Crippen LogP contribution in [0.3, 0.4) is 0 Å². The summed E-state index contributed by atoms with van der Waals surface area (Å²) in [5.74, 6) is 1.05. The summed E-state index contributed by atoms with van der Waals surface area (Å²) >= 11 is 0. The second kappa shape index (κ2) is 11.2. The molecule has 27 heavy (non-hydrogen) atoms. The standard InChI is InChI=1S/C22H27N.C3H4O/c1-3-4-5-6-17-7-8-21-16-20(10-9-19(21)15-17)18-11-13-22(23-2)14-12-18;1-2-3-4/h7-16,19,21,23H,3-6H2,1-2H3;2-3H,1H2. The predicted molar refractivity (Wildman–Crippen MR) is 118 cm³/mol. The number of allylic oxidation sites excluding steroid dienone is 9. The summed E-state index contributed by atoms with van der Waals surface area (Å²) in [7, 11) is 1.95. The van der Waals surface area contributed by atoms with Crippen LogP contribution in [0.2, 0.25) is 0 Å². The molecule has 1 aromatic carbocycles. The zero-order chi connectivity index (χ0) is 19.5. The Morgan fingerprint density at radius 3 is 2.33 bits per heavy atom. The molecule has 1 aromatic rings. The van der Waals surface area contributed by atoms with Crippen molar-refractivity contribution in [2.24, 2.45) is 11.8 Å². The smallest absolute Gasteiger partial charge is 0.142 e. The van der Waals surface area contributed by atoms with Gasteiger partial charge in [-0.1, -0.05) is 80.5 Å². The van der Waals surface area contributed by atoms with Gasteiger partial charge in [0, 0.05) is 24.6 Å². The molecule has 1 N–H and O–H groups in total. The summed E-state index contributed by atoms with van der Waals surface area (Å²) in [6.45, 7) is 5.38. The van der Waals surface area contributed by atoms with Crippen LogP contribution in [0.25, 0.3) is 5.57 Å². The second-order valence-corrected chi connectivity index (χ2v) is 6.89. The maximum atomic E-state index is 9.06. The fourth-order valence-electron chi connectivity index (χ4n) is 3.37. The number of carbonyl (C=O) groups excluding carboxylic acids is 1. The molecule has 0 heterocycles. The van der Waals surface area contributed by atoms with Gasteiger partial charge >= 0.3 is 0 Å². The number of rotatable bonds is 7. The van der Waals surface area contributed by atoms with Crippen molar-refractivity contribution in [1.82, 2.24) is 0 Å². The van der Waals surface area contributed by atoms with Crippen molar-refractivity contribution >= 4 is 17.5 Å². The quantitative estimate of drug-likeness (QED) is 0.348. The van der Waals surface area contributed by atoms with Crippen LogP contribution in [-0.4, -0.2) is 13.3 Å². The van der Waals surface area contributed by atoms with Crippen molar-refractivity contribution in [2.45, 2.75) is 32.6 Å². The maximum absolute atomic E-state index is 9.06. The van der Waals surface area contributed by atoms with Crippen molar-refractivity contribution in [3.63, 3.8) is 0 Å². The number of unbranched alkanes of at least 4 members (excludes halogenated alkanes) is 2. The van der Waals surface area contributed by atoms with Gasteiger partial charge in [0.25, 0.3) is 0 Å². The highest BCUT2D eigenvalue weighted by atomic mass is 16.1. The highest BCUT2D eigenvalue weighted by Crippen LogP contribution is 2.34. The van der Waals surface area contributed by atoms with E-state index in [2.05, 4.69) is 79.5 Å². The molecule has 0 radical (unpaired) electrons. The first-order valence-electron chi connectivity index (χ1n) is 9.85. The molecule has 2 atom stereocenters. The summed E-state index contributed by atoms with van der Waals surface area (Å²) in [6, 6.07) is 8.67. The first-order valence-corrected chi connectivity index (χ1v) is 9.85. The molecule has 0 saturated carbocycles. The van der Waals surface area contributed by atoms with Crippen LogP contribution >= 0.6 is 0 Å². The molecule has 142 valence electrons. The number of fused-ring (bicyclic) bond motifs is 1. The Kier molecular flexibility index (Phi) is 8.57. The van der Waals surface area contributed by atoms with Crippen LogP contribution in [0.4, 0.5) is 5.69 Å². The minimum absolute atomic E-state index is 0.508. The number of carbonyl (C=O) groups is 1. The van der Waals surface area contributed by atoms with Crippen LogP contribution < -0.4 is 5.32 Å². The SMILES string of the molecule is C=CC=O.CCCCCC1=CC2C=CC(c3ccc(NC)cc3)=CC2C=C1. The van der Waals surface area contributed by atoms with Gasteiger partial charge in [-0.25, -0.2) is 0 Å². The van der Waals surface area contributed by atoms with E-state index in [4.69, 9.17) is 4.79 Å². The summed E-state index contributed by atoms with van der Waals surface area (Å²) in [4.78, 5) is 9.06. The largest absolute Gasteiger partial charge is 0.388 e. The molecule has 2 nitrogen and oxygen atoms in total. The molecule has 0 bridgehead atoms. The lowest BCUT2D eigenvalue weighted by Crippen LogP contribution is -2.13. The Labute approximate surface area is 164 Å². The molecule has 2 aliphatic carbocycles. The van der Waals surface area contributed by atoms with E-state index < -0.39 is 0 Å². The number of aldehydes is 1. The molecule has 0 saturated heterocycles. The Morgan fingerprint density at radius 1 is 1.04 bits per heavy atom. The minimum atomic E-state index is 0.508. The van der Waals surface area contributed by atoms with Crippen LogP contribution in [0.1, 0.15) is 38.2 Å². The molecule has 0 amide bonds. The predicted octanol–water partition coefficient (Wildman–Crippen LogP) is 6.36. The van der Waals surface area contributed by atoms with Gasteiger partial charge in [0.05, 0.1) is 0 Å². The number of hydrogen-bond acceptors (Lipinski definition) is 2. The number of hydrogen-bond donors (Lipinski definition) is 1. The number of benzene rings is 1. The van der Waals surface area contributed by atoms with Crippen molar-refractivity contribution in [3.05, 3.63) is 84.5 Å². The van der Waals surface area contributed by atoms with Crippen LogP contribution in [0, 0.1) is 11.8 Å².